The van der Waals surface area contributed by atoms with Crippen molar-refractivity contribution in [2.75, 3.05) is 24.6 Å². The molecule has 0 saturated carbocycles. The van der Waals surface area contributed by atoms with Crippen LogP contribution in [0.5, 0.6) is 0 Å². The number of aromatic nitrogens is 3. The second kappa shape index (κ2) is 6.84. The van der Waals surface area contributed by atoms with Gasteiger partial charge < -0.3 is 4.90 Å². The molecule has 6 nitrogen and oxygen atoms in total. The predicted molar refractivity (Wildman–Crippen MR) is 94.0 cm³/mol. The van der Waals surface area contributed by atoms with Gasteiger partial charge in [0.05, 0.1) is 5.69 Å². The Labute approximate surface area is 144 Å². The van der Waals surface area contributed by atoms with E-state index in [1.807, 2.05) is 25.1 Å². The van der Waals surface area contributed by atoms with E-state index in [0.717, 1.165) is 11.3 Å². The normalized spacial score (nSPS) is 15.9. The zero-order valence-electron chi connectivity index (χ0n) is 14.2. The molecule has 1 aromatic carbocycles. The average Bonchev–Trinajstić information content (AvgIpc) is 2.96. The Bertz CT molecular complexity index is 775. The standard InChI is InChI=1S/C17H22N4O2S/c1-12(2)14-6-4-5-7-15(14)21-13(3)18-16(19-21)17(22)20-8-10-24(23)11-9-20/h4-7,12H,8-11H2,1-3H3. The van der Waals surface area contributed by atoms with Crippen molar-refractivity contribution in [3.8, 4) is 5.69 Å². The molecule has 1 aromatic heterocycles. The van der Waals surface area contributed by atoms with Crippen molar-refractivity contribution in [2.24, 2.45) is 0 Å². The van der Waals surface area contributed by atoms with Gasteiger partial charge in [-0.3, -0.25) is 9.00 Å². The fraction of sp³-hybridized carbons (Fsp3) is 0.471. The fourth-order valence-corrected chi connectivity index (χ4v) is 3.91. The number of hydrogen-bond donors (Lipinski definition) is 0. The summed E-state index contributed by atoms with van der Waals surface area (Å²) in [6, 6.07) is 8.03. The summed E-state index contributed by atoms with van der Waals surface area (Å²) in [5, 5.41) is 4.46. The molecule has 0 unspecified atom stereocenters. The summed E-state index contributed by atoms with van der Waals surface area (Å²) in [5.41, 5.74) is 2.12. The summed E-state index contributed by atoms with van der Waals surface area (Å²) >= 11 is 0. The molecule has 0 spiro atoms. The molecule has 1 aliphatic heterocycles. The number of benzene rings is 1. The zero-order valence-corrected chi connectivity index (χ0v) is 15.0. The molecule has 2 aromatic rings. The minimum atomic E-state index is -0.811. The summed E-state index contributed by atoms with van der Waals surface area (Å²) in [6.07, 6.45) is 0. The van der Waals surface area contributed by atoms with Crippen molar-refractivity contribution in [1.82, 2.24) is 19.7 Å². The Morgan fingerprint density at radius 2 is 1.88 bits per heavy atom. The first-order chi connectivity index (χ1) is 11.5. The lowest BCUT2D eigenvalue weighted by Crippen LogP contribution is -2.42. The third kappa shape index (κ3) is 3.26. The van der Waals surface area contributed by atoms with Gasteiger partial charge in [-0.25, -0.2) is 9.67 Å². The Balaban J connectivity index is 1.91. The van der Waals surface area contributed by atoms with Crippen LogP contribution in [0.3, 0.4) is 0 Å². The minimum Gasteiger partial charge on any atom is -0.334 e. The fourth-order valence-electron chi connectivity index (χ4n) is 2.86. The second-order valence-electron chi connectivity index (χ2n) is 6.25. The van der Waals surface area contributed by atoms with E-state index in [-0.39, 0.29) is 11.7 Å². The topological polar surface area (TPSA) is 68.1 Å². The zero-order chi connectivity index (χ0) is 17.3. The van der Waals surface area contributed by atoms with Crippen molar-refractivity contribution in [3.63, 3.8) is 0 Å². The van der Waals surface area contributed by atoms with Gasteiger partial charge in [0.2, 0.25) is 5.82 Å². The highest BCUT2D eigenvalue weighted by Gasteiger charge is 2.25. The SMILES string of the molecule is Cc1nc(C(=O)N2CCS(=O)CC2)nn1-c1ccccc1C(C)C. The van der Waals surface area contributed by atoms with Crippen molar-refractivity contribution in [2.45, 2.75) is 26.7 Å². The van der Waals surface area contributed by atoms with Gasteiger partial charge in [-0.15, -0.1) is 5.10 Å². The first-order valence-corrected chi connectivity index (χ1v) is 9.63. The van der Waals surface area contributed by atoms with E-state index in [2.05, 4.69) is 30.0 Å². The maximum atomic E-state index is 12.6. The van der Waals surface area contributed by atoms with Crippen LogP contribution in [0.15, 0.2) is 24.3 Å². The van der Waals surface area contributed by atoms with Crippen LogP contribution >= 0.6 is 0 Å². The Morgan fingerprint density at radius 1 is 1.21 bits per heavy atom. The molecule has 2 heterocycles. The van der Waals surface area contributed by atoms with Gasteiger partial charge in [0, 0.05) is 35.4 Å². The molecule has 24 heavy (non-hydrogen) atoms. The monoisotopic (exact) mass is 346 g/mol. The van der Waals surface area contributed by atoms with Gasteiger partial charge >= 0.3 is 0 Å². The van der Waals surface area contributed by atoms with E-state index < -0.39 is 10.8 Å². The van der Waals surface area contributed by atoms with Crippen LogP contribution in [-0.2, 0) is 10.8 Å². The molecule has 0 aliphatic carbocycles. The lowest BCUT2D eigenvalue weighted by molar-refractivity contribution is 0.0759. The van der Waals surface area contributed by atoms with Crippen LogP contribution < -0.4 is 0 Å². The number of para-hydroxylation sites is 1. The molecule has 7 heteroatoms. The first kappa shape index (κ1) is 16.8. The molecule has 0 N–H and O–H groups in total. The molecule has 1 aliphatic rings. The van der Waals surface area contributed by atoms with E-state index in [1.54, 1.807) is 9.58 Å². The van der Waals surface area contributed by atoms with E-state index >= 15 is 0 Å². The lowest BCUT2D eigenvalue weighted by Gasteiger charge is -2.24. The Hall–Kier alpha value is -2.02. The number of aryl methyl sites for hydroxylation is 1. The number of rotatable bonds is 3. The molecule has 3 rings (SSSR count). The van der Waals surface area contributed by atoms with Crippen LogP contribution in [-0.4, -0.2) is 54.4 Å². The molecule has 0 radical (unpaired) electrons. The molecule has 1 saturated heterocycles. The molecular weight excluding hydrogens is 324 g/mol. The molecule has 1 fully saturated rings. The van der Waals surface area contributed by atoms with E-state index in [4.69, 9.17) is 0 Å². The quantitative estimate of drug-likeness (QED) is 0.851. The third-order valence-electron chi connectivity index (χ3n) is 4.21. The number of carbonyl (C=O) groups is 1. The van der Waals surface area contributed by atoms with Crippen LogP contribution in [0.4, 0.5) is 0 Å². The average molecular weight is 346 g/mol. The number of amides is 1. The van der Waals surface area contributed by atoms with Gasteiger partial charge in [-0.2, -0.15) is 0 Å². The van der Waals surface area contributed by atoms with Gasteiger partial charge in [0.15, 0.2) is 0 Å². The summed E-state index contributed by atoms with van der Waals surface area (Å²) in [7, 11) is -0.811. The largest absolute Gasteiger partial charge is 0.334 e. The van der Waals surface area contributed by atoms with Crippen molar-refractivity contribution >= 4 is 16.7 Å². The predicted octanol–water partition coefficient (Wildman–Crippen LogP) is 1.90. The molecule has 0 bridgehead atoms. The molecule has 128 valence electrons. The van der Waals surface area contributed by atoms with Crippen molar-refractivity contribution < 1.29 is 9.00 Å². The maximum absolute atomic E-state index is 12.6. The second-order valence-corrected chi connectivity index (χ2v) is 7.94. The smallest absolute Gasteiger partial charge is 0.293 e. The van der Waals surface area contributed by atoms with Gasteiger partial charge in [0.1, 0.15) is 5.82 Å². The molecule has 1 amide bonds. The van der Waals surface area contributed by atoms with Crippen LogP contribution in [0, 0.1) is 6.92 Å². The minimum absolute atomic E-state index is 0.185. The first-order valence-electron chi connectivity index (χ1n) is 8.14. The number of carbonyl (C=O) groups excluding carboxylic acids is 1. The van der Waals surface area contributed by atoms with Crippen molar-refractivity contribution in [3.05, 3.63) is 41.5 Å². The third-order valence-corrected chi connectivity index (χ3v) is 5.49. The van der Waals surface area contributed by atoms with Crippen LogP contribution in [0.1, 0.15) is 41.8 Å². The van der Waals surface area contributed by atoms with E-state index in [9.17, 15) is 9.00 Å². The summed E-state index contributed by atoms with van der Waals surface area (Å²) < 4.78 is 13.2. The summed E-state index contributed by atoms with van der Waals surface area (Å²) in [6.45, 7) is 7.12. The summed E-state index contributed by atoms with van der Waals surface area (Å²) in [4.78, 5) is 18.7. The van der Waals surface area contributed by atoms with Crippen molar-refractivity contribution in [1.29, 1.82) is 0 Å². The number of nitrogens with zero attached hydrogens (tertiary/aromatic N) is 4. The molecular formula is C17H22N4O2S. The molecule has 0 atom stereocenters. The summed E-state index contributed by atoms with van der Waals surface area (Å²) in [5.74, 6) is 2.12. The highest BCUT2D eigenvalue weighted by Crippen LogP contribution is 2.23. The van der Waals surface area contributed by atoms with Crippen LogP contribution in [0.2, 0.25) is 0 Å². The van der Waals surface area contributed by atoms with Crippen LogP contribution in [0.25, 0.3) is 5.69 Å². The van der Waals surface area contributed by atoms with E-state index in [0.29, 0.717) is 36.3 Å². The highest BCUT2D eigenvalue weighted by molar-refractivity contribution is 7.85. The Kier molecular flexibility index (Phi) is 4.80. The van der Waals surface area contributed by atoms with Gasteiger partial charge in [-0.1, -0.05) is 32.0 Å². The number of hydrogen-bond acceptors (Lipinski definition) is 4. The van der Waals surface area contributed by atoms with Gasteiger partial charge in [0.25, 0.3) is 5.91 Å². The van der Waals surface area contributed by atoms with Gasteiger partial charge in [-0.05, 0) is 24.5 Å². The maximum Gasteiger partial charge on any atom is 0.293 e. The van der Waals surface area contributed by atoms with E-state index in [1.165, 1.54) is 0 Å². The highest BCUT2D eigenvalue weighted by atomic mass is 32.2. The Morgan fingerprint density at radius 3 is 2.54 bits per heavy atom. The lowest BCUT2D eigenvalue weighted by atomic mass is 10.0.